The van der Waals surface area contributed by atoms with Gasteiger partial charge in [-0.2, -0.15) is 13.5 Å². The lowest BCUT2D eigenvalue weighted by Gasteiger charge is -2.34. The van der Waals surface area contributed by atoms with Gasteiger partial charge in [-0.25, -0.2) is 14.4 Å². The predicted octanol–water partition coefficient (Wildman–Crippen LogP) is 3.71. The number of carbonyl (C=O) groups excluding carboxylic acids is 1. The number of nitrogens with zero attached hydrogens (tertiary/aromatic N) is 4. The first-order valence-corrected chi connectivity index (χ1v) is 11.4. The van der Waals surface area contributed by atoms with Crippen LogP contribution in [0.4, 0.5) is 4.39 Å². The van der Waals surface area contributed by atoms with E-state index in [4.69, 9.17) is 19.2 Å². The van der Waals surface area contributed by atoms with Crippen molar-refractivity contribution < 1.29 is 23.4 Å². The van der Waals surface area contributed by atoms with Gasteiger partial charge in [0.15, 0.2) is 5.52 Å². The smallest absolute Gasteiger partial charge is 0.242 e. The number of amides is 1. The molecule has 8 nitrogen and oxygen atoms in total. The van der Waals surface area contributed by atoms with E-state index in [2.05, 4.69) is 9.97 Å². The van der Waals surface area contributed by atoms with Crippen LogP contribution in [0.25, 0.3) is 22.3 Å². The second kappa shape index (κ2) is 10.0. The van der Waals surface area contributed by atoms with Crippen molar-refractivity contribution in [3.8, 4) is 17.1 Å². The van der Waals surface area contributed by atoms with E-state index in [-0.39, 0.29) is 38.7 Å². The number of fused-ring (bicyclic) bond motifs is 2. The topological polar surface area (TPSA) is 86.7 Å². The average molecular weight is 501 g/mol. The summed E-state index contributed by atoms with van der Waals surface area (Å²) in [6.45, 7) is 7.15. The fourth-order valence-electron chi connectivity index (χ4n) is 4.45. The Morgan fingerprint density at radius 2 is 2.06 bits per heavy atom. The van der Waals surface area contributed by atoms with Crippen molar-refractivity contribution in [3.63, 3.8) is 0 Å². The number of carbonyl (C=O) groups is 1. The first-order chi connectivity index (χ1) is 16.3. The number of alkyl halides is 1. The molecule has 1 amide bonds. The molecule has 2 aliphatic heterocycles. The highest BCUT2D eigenvalue weighted by Gasteiger charge is 2.34. The molecule has 0 aliphatic carbocycles. The van der Waals surface area contributed by atoms with Crippen molar-refractivity contribution in [3.05, 3.63) is 47.8 Å². The standard InChI is InChI=1S/C25H27FN4O4.H2S/c1-15(31)30-8-9-32-17(12-30)13-33-24-23-22(27-6-7-28-23)11-21(29-24)16-4-5-19-18(10-16)20(26)14-34-25(19,2)3;/h4-7,10-11,17,20H,8-9,12-14H2,1-3H3;1H2/t17-,20?;/m0./s1. The number of hydrogen-bond acceptors (Lipinski definition) is 7. The molecule has 4 heterocycles. The van der Waals surface area contributed by atoms with Crippen molar-refractivity contribution in [2.45, 2.75) is 38.6 Å². The number of aromatic nitrogens is 3. The summed E-state index contributed by atoms with van der Waals surface area (Å²) in [7, 11) is 0. The zero-order valence-electron chi connectivity index (χ0n) is 20.0. The number of pyridine rings is 1. The van der Waals surface area contributed by atoms with Gasteiger partial charge in [-0.3, -0.25) is 9.78 Å². The molecule has 2 aliphatic rings. The number of morpholine rings is 1. The summed E-state index contributed by atoms with van der Waals surface area (Å²) in [5.74, 6) is 0.333. The van der Waals surface area contributed by atoms with Crippen LogP contribution in [0.2, 0.25) is 0 Å². The molecule has 1 fully saturated rings. The number of rotatable bonds is 4. The van der Waals surface area contributed by atoms with Crippen molar-refractivity contribution >= 4 is 30.4 Å². The van der Waals surface area contributed by atoms with Crippen LogP contribution < -0.4 is 4.74 Å². The van der Waals surface area contributed by atoms with Gasteiger partial charge in [0.05, 0.1) is 36.6 Å². The second-order valence-electron chi connectivity index (χ2n) is 9.10. The summed E-state index contributed by atoms with van der Waals surface area (Å²) < 4.78 is 32.2. The van der Waals surface area contributed by atoms with Crippen LogP contribution in [0.1, 0.15) is 38.1 Å². The Bertz CT molecular complexity index is 1240. The quantitative estimate of drug-likeness (QED) is 0.540. The Morgan fingerprint density at radius 1 is 1.26 bits per heavy atom. The van der Waals surface area contributed by atoms with Crippen LogP contribution in [0.5, 0.6) is 5.88 Å². The van der Waals surface area contributed by atoms with Gasteiger partial charge in [-0.1, -0.05) is 12.1 Å². The molecule has 0 saturated carbocycles. The van der Waals surface area contributed by atoms with Gasteiger partial charge in [0.25, 0.3) is 0 Å². The van der Waals surface area contributed by atoms with Gasteiger partial charge in [0, 0.05) is 31.4 Å². The first kappa shape index (κ1) is 25.3. The zero-order valence-corrected chi connectivity index (χ0v) is 21.0. The highest BCUT2D eigenvalue weighted by Crippen LogP contribution is 2.40. The number of hydrogen-bond donors (Lipinski definition) is 0. The average Bonchev–Trinajstić information content (AvgIpc) is 2.85. The van der Waals surface area contributed by atoms with Crippen LogP contribution in [0.3, 0.4) is 0 Å². The summed E-state index contributed by atoms with van der Waals surface area (Å²) in [5.41, 5.74) is 3.40. The van der Waals surface area contributed by atoms with E-state index in [1.54, 1.807) is 24.2 Å². The molecule has 1 saturated heterocycles. The molecule has 0 N–H and O–H groups in total. The lowest BCUT2D eigenvalue weighted by molar-refractivity contribution is -0.137. The van der Waals surface area contributed by atoms with Crippen molar-refractivity contribution in [1.29, 1.82) is 0 Å². The molecule has 0 bridgehead atoms. The summed E-state index contributed by atoms with van der Waals surface area (Å²) >= 11 is 0. The molecule has 186 valence electrons. The third-order valence-electron chi connectivity index (χ3n) is 6.34. The normalized spacial score (nSPS) is 21.2. The molecule has 5 rings (SSSR count). The fourth-order valence-corrected chi connectivity index (χ4v) is 4.45. The Morgan fingerprint density at radius 3 is 2.86 bits per heavy atom. The van der Waals surface area contributed by atoms with Crippen LogP contribution in [-0.2, 0) is 19.9 Å². The second-order valence-corrected chi connectivity index (χ2v) is 9.10. The van der Waals surface area contributed by atoms with Crippen molar-refractivity contribution in [2.24, 2.45) is 0 Å². The van der Waals surface area contributed by atoms with E-state index in [9.17, 15) is 9.18 Å². The molecule has 3 aromatic rings. The molecule has 0 spiro atoms. The molecule has 1 unspecified atom stereocenters. The molecule has 0 radical (unpaired) electrons. The number of benzene rings is 1. The molecule has 2 aromatic heterocycles. The Labute approximate surface area is 210 Å². The van der Waals surface area contributed by atoms with Crippen LogP contribution in [-0.4, -0.2) is 64.8 Å². The van der Waals surface area contributed by atoms with Gasteiger partial charge >= 0.3 is 0 Å². The predicted molar refractivity (Wildman–Crippen MR) is 133 cm³/mol. The minimum atomic E-state index is -1.20. The van der Waals surface area contributed by atoms with Crippen LogP contribution in [0, 0.1) is 0 Å². The van der Waals surface area contributed by atoms with E-state index in [0.717, 1.165) is 11.1 Å². The zero-order chi connectivity index (χ0) is 23.9. The van der Waals surface area contributed by atoms with E-state index in [1.807, 2.05) is 38.1 Å². The summed E-state index contributed by atoms with van der Waals surface area (Å²) in [6.07, 6.45) is 1.72. The van der Waals surface area contributed by atoms with Crippen molar-refractivity contribution in [2.75, 3.05) is 32.9 Å². The van der Waals surface area contributed by atoms with Crippen molar-refractivity contribution in [1.82, 2.24) is 19.9 Å². The SMILES string of the molecule is CC(=O)N1CCO[C@H](COc2nc(-c3ccc4c(c3)C(F)COC4(C)C)cc3nccnc23)C1.S. The maximum Gasteiger partial charge on any atom is 0.242 e. The number of ether oxygens (including phenoxy) is 3. The van der Waals surface area contributed by atoms with E-state index < -0.39 is 11.8 Å². The number of halogens is 1. The summed E-state index contributed by atoms with van der Waals surface area (Å²) in [5, 5.41) is 0. The maximum absolute atomic E-state index is 14.7. The first-order valence-electron chi connectivity index (χ1n) is 11.4. The van der Waals surface area contributed by atoms with Gasteiger partial charge in [-0.05, 0) is 37.1 Å². The molecular formula is C25H29FN4O4S. The Hall–Kier alpha value is -2.82. The fraction of sp³-hybridized carbons (Fsp3) is 0.440. The maximum atomic E-state index is 14.7. The Balaban J connectivity index is 0.00000289. The minimum Gasteiger partial charge on any atom is -0.473 e. The highest BCUT2D eigenvalue weighted by atomic mass is 32.1. The minimum absolute atomic E-state index is 0. The largest absolute Gasteiger partial charge is 0.473 e. The van der Waals surface area contributed by atoms with Gasteiger partial charge < -0.3 is 19.1 Å². The third-order valence-corrected chi connectivity index (χ3v) is 6.34. The van der Waals surface area contributed by atoms with E-state index >= 15 is 0 Å². The Kier molecular flexibility index (Phi) is 7.25. The third kappa shape index (κ3) is 5.10. The lowest BCUT2D eigenvalue weighted by Crippen LogP contribution is -2.46. The molecule has 35 heavy (non-hydrogen) atoms. The van der Waals surface area contributed by atoms with E-state index in [1.165, 1.54) is 0 Å². The van der Waals surface area contributed by atoms with Crippen LogP contribution >= 0.6 is 13.5 Å². The summed E-state index contributed by atoms with van der Waals surface area (Å²) in [4.78, 5) is 27.0. The molecule has 2 atom stereocenters. The van der Waals surface area contributed by atoms with Gasteiger partial charge in [-0.15, -0.1) is 0 Å². The van der Waals surface area contributed by atoms with Gasteiger partial charge in [0.1, 0.15) is 18.9 Å². The lowest BCUT2D eigenvalue weighted by atomic mass is 9.87. The summed E-state index contributed by atoms with van der Waals surface area (Å²) in [6, 6.07) is 7.45. The van der Waals surface area contributed by atoms with Crippen LogP contribution in [0.15, 0.2) is 36.7 Å². The molecular weight excluding hydrogens is 471 g/mol. The van der Waals surface area contributed by atoms with Gasteiger partial charge in [0.2, 0.25) is 11.8 Å². The monoisotopic (exact) mass is 500 g/mol. The molecule has 1 aromatic carbocycles. The highest BCUT2D eigenvalue weighted by molar-refractivity contribution is 7.59. The molecule has 10 heteroatoms. The van der Waals surface area contributed by atoms with E-state index in [0.29, 0.717) is 47.9 Å².